The van der Waals surface area contributed by atoms with Crippen molar-refractivity contribution in [3.63, 3.8) is 0 Å². The van der Waals surface area contributed by atoms with E-state index in [1.165, 1.54) is 108 Å². The molecule has 0 N–H and O–H groups in total. The van der Waals surface area contributed by atoms with E-state index >= 15 is 0 Å². The monoisotopic (exact) mass is 744 g/mol. The van der Waals surface area contributed by atoms with Crippen LogP contribution >= 0.6 is 11.3 Å². The average molecular weight is 745 g/mol. The maximum absolute atomic E-state index is 5.81. The zero-order valence-electron chi connectivity index (χ0n) is 33.7. The van der Waals surface area contributed by atoms with Gasteiger partial charge in [-0.15, -0.1) is 11.3 Å². The number of benzene rings is 9. The zero-order chi connectivity index (χ0) is 39.1. The van der Waals surface area contributed by atoms with E-state index in [9.17, 15) is 0 Å². The van der Waals surface area contributed by atoms with Gasteiger partial charge in [-0.3, -0.25) is 0 Å². The topological polar surface area (TPSA) is 13.1 Å². The van der Waals surface area contributed by atoms with Crippen molar-refractivity contribution in [1.82, 2.24) is 0 Å². The minimum absolute atomic E-state index is 0.982. The molecule has 0 atom stereocenters. The van der Waals surface area contributed by atoms with Crippen LogP contribution in [0.2, 0.25) is 0 Å². The van der Waals surface area contributed by atoms with Crippen molar-refractivity contribution >= 4 is 85.8 Å². The van der Waals surface area contributed by atoms with E-state index in [-0.39, 0.29) is 0 Å². The summed E-state index contributed by atoms with van der Waals surface area (Å²) >= 11 is 1.89. The van der Waals surface area contributed by atoms with E-state index in [0.29, 0.717) is 0 Å². The Morgan fingerprint density at radius 3 is 1.09 bits per heavy atom. The van der Waals surface area contributed by atoms with Crippen LogP contribution in [-0.2, 0) is 0 Å². The molecule has 2 heterocycles. The van der Waals surface area contributed by atoms with Crippen LogP contribution < -0.4 is 0 Å². The van der Waals surface area contributed by atoms with Crippen LogP contribution in [0.4, 0.5) is 0 Å². The van der Waals surface area contributed by atoms with Crippen molar-refractivity contribution in [2.24, 2.45) is 0 Å². The first kappa shape index (κ1) is 37.0. The molecule has 0 saturated carbocycles. The molecule has 276 valence electrons. The van der Waals surface area contributed by atoms with Crippen molar-refractivity contribution in [2.75, 3.05) is 0 Å². The van der Waals surface area contributed by atoms with E-state index in [1.54, 1.807) is 0 Å². The first-order valence-corrected chi connectivity index (χ1v) is 20.3. The number of hydrogen-bond acceptors (Lipinski definition) is 2. The van der Waals surface area contributed by atoms with Gasteiger partial charge >= 0.3 is 0 Å². The molecule has 0 aliphatic rings. The van der Waals surface area contributed by atoms with Gasteiger partial charge in [-0.2, -0.15) is 0 Å². The lowest BCUT2D eigenvalue weighted by molar-refractivity contribution is 0.668. The van der Waals surface area contributed by atoms with Gasteiger partial charge in [0.15, 0.2) is 0 Å². The van der Waals surface area contributed by atoms with Gasteiger partial charge < -0.3 is 4.42 Å². The molecule has 2 aromatic heterocycles. The summed E-state index contributed by atoms with van der Waals surface area (Å²) in [4.78, 5) is 0. The van der Waals surface area contributed by atoms with E-state index in [1.807, 2.05) is 11.3 Å². The Balaban J connectivity index is 0.000000108. The third kappa shape index (κ3) is 7.38. The van der Waals surface area contributed by atoms with Gasteiger partial charge in [0.05, 0.1) is 0 Å². The molecule has 0 amide bonds. The number of thiophene rings is 1. The Hall–Kier alpha value is -5.96. The standard InChI is InChI=1S/C18H14.C14H12O.C14H12S.C8H10/c1-11-3-5-13-8-10-16-12(2)4-6-14-7-9-15(11)17(13)18(14)16;2*1-9-3-5-11-12-6-4-10(2)8-14(12)15-13(11)7-9;1-7-4-3-5-8(2)6-7/h3-10H,1-2H3;2*3-8H,1-2H3;3-6H,1-2H3. The predicted molar refractivity (Wildman–Crippen MR) is 248 cm³/mol. The molecule has 0 unspecified atom stereocenters. The molecule has 0 radical (unpaired) electrons. The molecule has 0 aliphatic carbocycles. The van der Waals surface area contributed by atoms with Crippen molar-refractivity contribution in [3.8, 4) is 0 Å². The van der Waals surface area contributed by atoms with Crippen molar-refractivity contribution in [2.45, 2.75) is 55.4 Å². The number of furan rings is 1. The Bertz CT molecular complexity index is 2850. The minimum atomic E-state index is 0.982. The van der Waals surface area contributed by atoms with E-state index in [4.69, 9.17) is 4.42 Å². The number of aryl methyl sites for hydroxylation is 8. The third-order valence-corrected chi connectivity index (χ3v) is 12.0. The summed E-state index contributed by atoms with van der Waals surface area (Å²) in [7, 11) is 0. The fourth-order valence-electron chi connectivity index (χ4n) is 7.88. The maximum atomic E-state index is 5.81. The highest BCUT2D eigenvalue weighted by atomic mass is 32.1. The molecule has 1 nitrogen and oxygen atoms in total. The van der Waals surface area contributed by atoms with Gasteiger partial charge in [0.25, 0.3) is 0 Å². The van der Waals surface area contributed by atoms with Gasteiger partial charge in [0.1, 0.15) is 11.2 Å². The highest BCUT2D eigenvalue weighted by molar-refractivity contribution is 7.25. The molecule has 0 spiro atoms. The SMILES string of the molecule is Cc1ccc2c(c1)oc1cc(C)ccc12.Cc1ccc2c(c1)sc1cc(C)ccc12.Cc1ccc2ccc3c(C)ccc4ccc1c2c43.Cc1cccc(C)c1. The average Bonchev–Trinajstić information content (AvgIpc) is 3.71. The summed E-state index contributed by atoms with van der Waals surface area (Å²) in [6.45, 7) is 17.1. The van der Waals surface area contributed by atoms with Crippen LogP contribution in [-0.4, -0.2) is 0 Å². The number of rotatable bonds is 0. The minimum Gasteiger partial charge on any atom is -0.456 e. The lowest BCUT2D eigenvalue weighted by Gasteiger charge is -2.13. The van der Waals surface area contributed by atoms with Crippen LogP contribution in [0.1, 0.15) is 44.5 Å². The summed E-state index contributed by atoms with van der Waals surface area (Å²) in [5, 5.41) is 13.5. The molecule has 56 heavy (non-hydrogen) atoms. The third-order valence-electron chi connectivity index (χ3n) is 10.8. The first-order chi connectivity index (χ1) is 27.0. The summed E-state index contributed by atoms with van der Waals surface area (Å²) < 4.78 is 8.61. The molecule has 0 bridgehead atoms. The highest BCUT2D eigenvalue weighted by Gasteiger charge is 2.10. The van der Waals surface area contributed by atoms with Gasteiger partial charge in [0.2, 0.25) is 0 Å². The Morgan fingerprint density at radius 1 is 0.321 bits per heavy atom. The normalized spacial score (nSPS) is 11.2. The predicted octanol–water partition coefficient (Wildman–Crippen LogP) is 16.4. The van der Waals surface area contributed by atoms with Crippen molar-refractivity contribution in [1.29, 1.82) is 0 Å². The van der Waals surface area contributed by atoms with Gasteiger partial charge in [0, 0.05) is 30.9 Å². The van der Waals surface area contributed by atoms with Crippen LogP contribution in [0.15, 0.2) is 150 Å². The van der Waals surface area contributed by atoms with Crippen LogP contribution in [0.3, 0.4) is 0 Å². The molecule has 0 aliphatic heterocycles. The van der Waals surface area contributed by atoms with Gasteiger partial charge in [-0.1, -0.05) is 132 Å². The molecule has 0 saturated heterocycles. The molecular formula is C54H48OS. The Kier molecular flexibility index (Phi) is 10.1. The zero-order valence-corrected chi connectivity index (χ0v) is 34.5. The second kappa shape index (κ2) is 15.3. The molecule has 11 aromatic rings. The maximum Gasteiger partial charge on any atom is 0.135 e. The fraction of sp³-hybridized carbons (Fsp3) is 0.148. The van der Waals surface area contributed by atoms with Crippen LogP contribution in [0.5, 0.6) is 0 Å². The molecule has 0 fully saturated rings. The first-order valence-electron chi connectivity index (χ1n) is 19.5. The summed E-state index contributed by atoms with van der Waals surface area (Å²) in [6.07, 6.45) is 0. The lowest BCUT2D eigenvalue weighted by Crippen LogP contribution is -1.87. The van der Waals surface area contributed by atoms with Crippen LogP contribution in [0.25, 0.3) is 74.4 Å². The Morgan fingerprint density at radius 2 is 0.679 bits per heavy atom. The van der Waals surface area contributed by atoms with E-state index < -0.39 is 0 Å². The molecule has 9 aromatic carbocycles. The van der Waals surface area contributed by atoms with Crippen molar-refractivity contribution < 1.29 is 4.42 Å². The Labute approximate surface area is 334 Å². The smallest absolute Gasteiger partial charge is 0.135 e. The molecular weight excluding hydrogens is 697 g/mol. The second-order valence-electron chi connectivity index (χ2n) is 15.5. The lowest BCUT2D eigenvalue weighted by atomic mass is 9.91. The van der Waals surface area contributed by atoms with Crippen molar-refractivity contribution in [3.05, 3.63) is 190 Å². The summed E-state index contributed by atoms with van der Waals surface area (Å²) in [5.41, 5.74) is 12.5. The van der Waals surface area contributed by atoms with E-state index in [2.05, 4.69) is 201 Å². The van der Waals surface area contributed by atoms with Gasteiger partial charge in [-0.05, 0) is 145 Å². The fourth-order valence-corrected chi connectivity index (χ4v) is 9.19. The summed E-state index contributed by atoms with van der Waals surface area (Å²) in [6, 6.07) is 52.4. The molecule has 2 heteroatoms. The number of fused-ring (bicyclic) bond motifs is 6. The van der Waals surface area contributed by atoms with Gasteiger partial charge in [-0.25, -0.2) is 0 Å². The molecule has 11 rings (SSSR count). The quantitative estimate of drug-likeness (QED) is 0.141. The largest absolute Gasteiger partial charge is 0.456 e. The highest BCUT2D eigenvalue weighted by Crippen LogP contribution is 2.37. The van der Waals surface area contributed by atoms with E-state index in [0.717, 1.165) is 11.2 Å². The summed E-state index contributed by atoms with van der Waals surface area (Å²) in [5.74, 6) is 0. The number of hydrogen-bond donors (Lipinski definition) is 0. The van der Waals surface area contributed by atoms with Crippen LogP contribution in [0, 0.1) is 55.4 Å². The second-order valence-corrected chi connectivity index (χ2v) is 16.6.